The minimum absolute atomic E-state index is 0.655. The highest BCUT2D eigenvalue weighted by Gasteiger charge is 2.14. The van der Waals surface area contributed by atoms with Gasteiger partial charge in [0.2, 0.25) is 0 Å². The lowest BCUT2D eigenvalue weighted by molar-refractivity contribution is 0.492. The van der Waals surface area contributed by atoms with Crippen LogP contribution < -0.4 is 5.32 Å². The topological polar surface area (TPSA) is 29.9 Å². The lowest BCUT2D eigenvalue weighted by atomic mass is 10.1. The maximum Gasteiger partial charge on any atom is 0.0596 e. The smallest absolute Gasteiger partial charge is 0.0596 e. The Labute approximate surface area is 91.9 Å². The van der Waals surface area contributed by atoms with E-state index in [0.29, 0.717) is 6.04 Å². The minimum Gasteiger partial charge on any atom is -0.314 e. The molecule has 15 heavy (non-hydrogen) atoms. The molecule has 1 aliphatic heterocycles. The van der Waals surface area contributed by atoms with Crippen molar-refractivity contribution in [1.29, 1.82) is 0 Å². The first-order valence-corrected chi connectivity index (χ1v) is 5.98. The van der Waals surface area contributed by atoms with E-state index in [9.17, 15) is 0 Å². The second kappa shape index (κ2) is 4.79. The summed E-state index contributed by atoms with van der Waals surface area (Å²) in [5, 5.41) is 8.01. The highest BCUT2D eigenvalue weighted by molar-refractivity contribution is 5.10. The summed E-state index contributed by atoms with van der Waals surface area (Å²) in [5.41, 5.74) is 2.48. The van der Waals surface area contributed by atoms with Gasteiger partial charge in [0, 0.05) is 25.2 Å². The number of rotatable bonds is 2. The predicted molar refractivity (Wildman–Crippen MR) is 61.9 cm³/mol. The van der Waals surface area contributed by atoms with Crippen LogP contribution in [0.4, 0.5) is 0 Å². The van der Waals surface area contributed by atoms with Crippen LogP contribution in [0, 0.1) is 6.92 Å². The molecule has 0 aromatic carbocycles. The van der Waals surface area contributed by atoms with Crippen LogP contribution in [0.5, 0.6) is 0 Å². The molecule has 2 heterocycles. The van der Waals surface area contributed by atoms with Gasteiger partial charge in [-0.2, -0.15) is 5.10 Å². The Kier molecular flexibility index (Phi) is 3.41. The van der Waals surface area contributed by atoms with E-state index in [1.165, 1.54) is 37.9 Å². The molecule has 3 heteroatoms. The van der Waals surface area contributed by atoms with Gasteiger partial charge in [-0.15, -0.1) is 0 Å². The average Bonchev–Trinajstić information content (AvgIpc) is 2.44. The summed E-state index contributed by atoms with van der Waals surface area (Å²) in [7, 11) is 2.04. The van der Waals surface area contributed by atoms with Crippen molar-refractivity contribution in [2.45, 2.75) is 45.1 Å². The predicted octanol–water partition coefficient (Wildman–Crippen LogP) is 1.80. The Balaban J connectivity index is 1.97. The van der Waals surface area contributed by atoms with Crippen LogP contribution in [0.2, 0.25) is 0 Å². The third kappa shape index (κ3) is 2.81. The number of nitrogens with zero attached hydrogens (tertiary/aromatic N) is 2. The first kappa shape index (κ1) is 10.7. The van der Waals surface area contributed by atoms with Gasteiger partial charge in [0.15, 0.2) is 0 Å². The Morgan fingerprint density at radius 2 is 2.33 bits per heavy atom. The maximum atomic E-state index is 4.39. The Morgan fingerprint density at radius 3 is 3.07 bits per heavy atom. The molecule has 0 saturated carbocycles. The fourth-order valence-electron chi connectivity index (χ4n) is 2.38. The molecule has 2 rings (SSSR count). The molecular weight excluding hydrogens is 186 g/mol. The second-order valence-electron chi connectivity index (χ2n) is 4.61. The minimum atomic E-state index is 0.655. The largest absolute Gasteiger partial charge is 0.314 e. The Bertz CT molecular complexity index is 309. The summed E-state index contributed by atoms with van der Waals surface area (Å²) in [4.78, 5) is 0. The molecule has 0 amide bonds. The average molecular weight is 207 g/mol. The van der Waals surface area contributed by atoms with Crippen molar-refractivity contribution >= 4 is 0 Å². The van der Waals surface area contributed by atoms with E-state index in [0.717, 1.165) is 12.1 Å². The van der Waals surface area contributed by atoms with Gasteiger partial charge in [0.1, 0.15) is 0 Å². The van der Waals surface area contributed by atoms with Crippen LogP contribution in [0.15, 0.2) is 6.07 Å². The zero-order valence-corrected chi connectivity index (χ0v) is 9.79. The van der Waals surface area contributed by atoms with Crippen LogP contribution >= 0.6 is 0 Å². The van der Waals surface area contributed by atoms with Crippen LogP contribution in [0.25, 0.3) is 0 Å². The van der Waals surface area contributed by atoms with Gasteiger partial charge in [-0.25, -0.2) is 0 Å². The first-order valence-electron chi connectivity index (χ1n) is 5.98. The molecule has 1 aromatic heterocycles. The summed E-state index contributed by atoms with van der Waals surface area (Å²) in [5.74, 6) is 0. The molecule has 0 radical (unpaired) electrons. The number of aromatic nitrogens is 2. The Morgan fingerprint density at radius 1 is 1.47 bits per heavy atom. The lowest BCUT2D eigenvalue weighted by Crippen LogP contribution is -2.30. The number of nitrogens with one attached hydrogen (secondary N) is 1. The molecule has 1 saturated heterocycles. The van der Waals surface area contributed by atoms with E-state index in [1.54, 1.807) is 0 Å². The highest BCUT2D eigenvalue weighted by Crippen LogP contribution is 2.13. The molecule has 1 aliphatic rings. The van der Waals surface area contributed by atoms with E-state index < -0.39 is 0 Å². The molecule has 0 bridgehead atoms. The summed E-state index contributed by atoms with van der Waals surface area (Å²) in [6.45, 7) is 3.24. The van der Waals surface area contributed by atoms with Crippen molar-refractivity contribution in [3.63, 3.8) is 0 Å². The number of hydrogen-bond acceptors (Lipinski definition) is 2. The van der Waals surface area contributed by atoms with Gasteiger partial charge in [-0.1, -0.05) is 12.8 Å². The summed E-state index contributed by atoms with van der Waals surface area (Å²) >= 11 is 0. The Hall–Kier alpha value is -0.830. The maximum absolute atomic E-state index is 4.39. The second-order valence-corrected chi connectivity index (χ2v) is 4.61. The van der Waals surface area contributed by atoms with Gasteiger partial charge in [0.05, 0.1) is 5.69 Å². The molecule has 1 unspecified atom stereocenters. The van der Waals surface area contributed by atoms with Crippen LogP contribution in [0.3, 0.4) is 0 Å². The summed E-state index contributed by atoms with van der Waals surface area (Å²) in [6.07, 6.45) is 6.52. The molecule has 1 atom stereocenters. The van der Waals surface area contributed by atoms with Gasteiger partial charge < -0.3 is 5.32 Å². The van der Waals surface area contributed by atoms with Gasteiger partial charge in [0.25, 0.3) is 0 Å². The van der Waals surface area contributed by atoms with Crippen molar-refractivity contribution in [2.75, 3.05) is 6.54 Å². The SMILES string of the molecule is Cc1cc(CC2CCCCCN2)n(C)n1. The number of aryl methyl sites for hydroxylation is 2. The standard InChI is InChI=1S/C12H21N3/c1-10-8-12(15(2)14-10)9-11-6-4-3-5-7-13-11/h8,11,13H,3-7,9H2,1-2H3. The van der Waals surface area contributed by atoms with Gasteiger partial charge >= 0.3 is 0 Å². The quantitative estimate of drug-likeness (QED) is 0.801. The molecule has 84 valence electrons. The third-order valence-corrected chi connectivity index (χ3v) is 3.22. The van der Waals surface area contributed by atoms with E-state index in [4.69, 9.17) is 0 Å². The van der Waals surface area contributed by atoms with Crippen molar-refractivity contribution in [1.82, 2.24) is 15.1 Å². The van der Waals surface area contributed by atoms with Crippen molar-refractivity contribution < 1.29 is 0 Å². The van der Waals surface area contributed by atoms with Crippen LogP contribution in [0.1, 0.15) is 37.1 Å². The molecule has 1 aromatic rings. The lowest BCUT2D eigenvalue weighted by Gasteiger charge is -2.15. The normalized spacial score (nSPS) is 22.7. The fourth-order valence-corrected chi connectivity index (χ4v) is 2.38. The third-order valence-electron chi connectivity index (χ3n) is 3.22. The molecule has 3 nitrogen and oxygen atoms in total. The van der Waals surface area contributed by atoms with Gasteiger partial charge in [-0.05, 0) is 32.4 Å². The molecule has 0 spiro atoms. The van der Waals surface area contributed by atoms with E-state index in [-0.39, 0.29) is 0 Å². The van der Waals surface area contributed by atoms with E-state index >= 15 is 0 Å². The fraction of sp³-hybridized carbons (Fsp3) is 0.750. The molecule has 1 fully saturated rings. The van der Waals surface area contributed by atoms with Crippen LogP contribution in [-0.2, 0) is 13.5 Å². The monoisotopic (exact) mass is 207 g/mol. The highest BCUT2D eigenvalue weighted by atomic mass is 15.3. The zero-order valence-electron chi connectivity index (χ0n) is 9.79. The summed E-state index contributed by atoms with van der Waals surface area (Å²) < 4.78 is 2.02. The van der Waals surface area contributed by atoms with Crippen molar-refractivity contribution in [2.24, 2.45) is 7.05 Å². The van der Waals surface area contributed by atoms with E-state index in [2.05, 4.69) is 23.4 Å². The molecule has 0 aliphatic carbocycles. The summed E-state index contributed by atoms with van der Waals surface area (Å²) in [6, 6.07) is 2.86. The molecule has 1 N–H and O–H groups in total. The van der Waals surface area contributed by atoms with Crippen LogP contribution in [-0.4, -0.2) is 22.4 Å². The zero-order chi connectivity index (χ0) is 10.7. The van der Waals surface area contributed by atoms with Crippen molar-refractivity contribution in [3.8, 4) is 0 Å². The van der Waals surface area contributed by atoms with Gasteiger partial charge in [-0.3, -0.25) is 4.68 Å². The van der Waals surface area contributed by atoms with Crippen molar-refractivity contribution in [3.05, 3.63) is 17.5 Å². The molecular formula is C12H21N3. The first-order chi connectivity index (χ1) is 7.25. The van der Waals surface area contributed by atoms with E-state index in [1.807, 2.05) is 11.7 Å². The number of hydrogen-bond donors (Lipinski definition) is 1.